The first-order valence-corrected chi connectivity index (χ1v) is 9.20. The smallest absolute Gasteiger partial charge is 0.241 e. The zero-order chi connectivity index (χ0) is 17.1. The van der Waals surface area contributed by atoms with Gasteiger partial charge in [-0.25, -0.2) is 0 Å². The number of aryl methyl sites for hydroxylation is 2. The first-order valence-electron chi connectivity index (χ1n) is 9.20. The maximum absolute atomic E-state index is 12.5. The van der Waals surface area contributed by atoms with Crippen LogP contribution in [-0.2, 0) is 4.79 Å². The van der Waals surface area contributed by atoms with E-state index in [0.717, 1.165) is 36.2 Å². The van der Waals surface area contributed by atoms with Crippen LogP contribution in [0.5, 0.6) is 0 Å². The van der Waals surface area contributed by atoms with Gasteiger partial charge in [0.05, 0.1) is 6.04 Å². The molecule has 2 N–H and O–H groups in total. The van der Waals surface area contributed by atoms with Gasteiger partial charge in [-0.05, 0) is 44.4 Å². The molecule has 1 amide bonds. The molecule has 23 heavy (non-hydrogen) atoms. The second-order valence-electron chi connectivity index (χ2n) is 6.44. The average molecular weight is 319 g/mol. The molecule has 1 rings (SSSR count). The fraction of sp³-hybridized carbons (Fsp3) is 0.650. The van der Waals surface area contributed by atoms with Crippen LogP contribution in [0.2, 0.25) is 0 Å². The third-order valence-corrected chi connectivity index (χ3v) is 4.38. The number of carbonyl (C=O) groups excluding carboxylic acids is 1. The normalized spacial score (nSPS) is 12.2. The second-order valence-corrected chi connectivity index (χ2v) is 6.44. The number of anilines is 1. The number of rotatable bonds is 11. The standard InChI is InChI=1S/C20H34N2O/c1-5-7-8-9-10-11-15-21-18(6-2)20(23)22-19-16(3)13-12-14-17(19)4/h12-14,18,21H,5-11,15H2,1-4H3,(H,22,23). The molecule has 0 bridgehead atoms. The van der Waals surface area contributed by atoms with Crippen molar-refractivity contribution in [2.75, 3.05) is 11.9 Å². The molecule has 0 aliphatic carbocycles. The second kappa shape index (κ2) is 11.2. The third-order valence-electron chi connectivity index (χ3n) is 4.38. The van der Waals surface area contributed by atoms with E-state index in [-0.39, 0.29) is 11.9 Å². The van der Waals surface area contributed by atoms with Crippen molar-refractivity contribution in [1.82, 2.24) is 5.32 Å². The van der Waals surface area contributed by atoms with Crippen LogP contribution in [0.25, 0.3) is 0 Å². The molecule has 0 saturated carbocycles. The summed E-state index contributed by atoms with van der Waals surface area (Å²) in [4.78, 5) is 12.5. The topological polar surface area (TPSA) is 41.1 Å². The van der Waals surface area contributed by atoms with E-state index in [1.165, 1.54) is 32.1 Å². The summed E-state index contributed by atoms with van der Waals surface area (Å²) < 4.78 is 0. The number of hydrogen-bond acceptors (Lipinski definition) is 2. The molecule has 0 saturated heterocycles. The van der Waals surface area contributed by atoms with Crippen LogP contribution in [-0.4, -0.2) is 18.5 Å². The molecular weight excluding hydrogens is 284 g/mol. The summed E-state index contributed by atoms with van der Waals surface area (Å²) in [5, 5.41) is 6.50. The minimum absolute atomic E-state index is 0.0795. The molecule has 1 atom stereocenters. The van der Waals surface area contributed by atoms with Crippen molar-refractivity contribution in [3.63, 3.8) is 0 Å². The molecule has 1 aromatic rings. The fourth-order valence-corrected chi connectivity index (χ4v) is 2.83. The van der Waals surface area contributed by atoms with Gasteiger partial charge in [-0.15, -0.1) is 0 Å². The lowest BCUT2D eigenvalue weighted by Crippen LogP contribution is -2.40. The largest absolute Gasteiger partial charge is 0.324 e. The van der Waals surface area contributed by atoms with Crippen molar-refractivity contribution in [2.45, 2.75) is 78.7 Å². The Morgan fingerprint density at radius 3 is 2.22 bits per heavy atom. The Bertz CT molecular complexity index is 450. The summed E-state index contributed by atoms with van der Waals surface area (Å²) in [6, 6.07) is 5.99. The Balaban J connectivity index is 2.37. The molecule has 0 aliphatic heterocycles. The lowest BCUT2D eigenvalue weighted by atomic mass is 10.1. The summed E-state index contributed by atoms with van der Waals surface area (Å²) in [5.74, 6) is 0.0795. The number of unbranched alkanes of at least 4 members (excludes halogenated alkanes) is 5. The predicted octanol–water partition coefficient (Wildman–Crippen LogP) is 4.97. The zero-order valence-corrected chi connectivity index (χ0v) is 15.4. The number of nitrogens with one attached hydrogen (secondary N) is 2. The molecule has 0 aromatic heterocycles. The lowest BCUT2D eigenvalue weighted by Gasteiger charge is -2.19. The highest BCUT2D eigenvalue weighted by atomic mass is 16.2. The van der Waals surface area contributed by atoms with Crippen LogP contribution in [0, 0.1) is 13.8 Å². The number of benzene rings is 1. The van der Waals surface area contributed by atoms with E-state index in [4.69, 9.17) is 0 Å². The van der Waals surface area contributed by atoms with Crippen LogP contribution in [0.15, 0.2) is 18.2 Å². The van der Waals surface area contributed by atoms with Gasteiger partial charge in [0, 0.05) is 5.69 Å². The Hall–Kier alpha value is -1.35. The number of para-hydroxylation sites is 1. The van der Waals surface area contributed by atoms with E-state index in [1.54, 1.807) is 0 Å². The predicted molar refractivity (Wildman–Crippen MR) is 100 cm³/mol. The summed E-state index contributed by atoms with van der Waals surface area (Å²) in [7, 11) is 0. The third kappa shape index (κ3) is 7.17. The maximum Gasteiger partial charge on any atom is 0.241 e. The lowest BCUT2D eigenvalue weighted by molar-refractivity contribution is -0.118. The van der Waals surface area contributed by atoms with Crippen molar-refractivity contribution in [1.29, 1.82) is 0 Å². The molecule has 0 heterocycles. The molecule has 0 aliphatic rings. The summed E-state index contributed by atoms with van der Waals surface area (Å²) >= 11 is 0. The molecule has 1 aromatic carbocycles. The first-order chi connectivity index (χ1) is 11.1. The van der Waals surface area contributed by atoms with Gasteiger partial charge in [0.25, 0.3) is 0 Å². The van der Waals surface area contributed by atoms with E-state index in [0.29, 0.717) is 0 Å². The molecular formula is C20H34N2O. The van der Waals surface area contributed by atoms with Crippen molar-refractivity contribution in [3.8, 4) is 0 Å². The molecule has 3 nitrogen and oxygen atoms in total. The van der Waals surface area contributed by atoms with Gasteiger partial charge < -0.3 is 10.6 Å². The SMILES string of the molecule is CCCCCCCCNC(CC)C(=O)Nc1c(C)cccc1C. The number of carbonyl (C=O) groups is 1. The quantitative estimate of drug-likeness (QED) is 0.566. The molecule has 0 spiro atoms. The van der Waals surface area contributed by atoms with Crippen LogP contribution < -0.4 is 10.6 Å². The minimum atomic E-state index is -0.107. The highest BCUT2D eigenvalue weighted by molar-refractivity contribution is 5.96. The van der Waals surface area contributed by atoms with Gasteiger partial charge in [-0.2, -0.15) is 0 Å². The Morgan fingerprint density at radius 1 is 1.00 bits per heavy atom. The molecule has 0 radical (unpaired) electrons. The van der Waals surface area contributed by atoms with Gasteiger partial charge in [0.15, 0.2) is 0 Å². The average Bonchev–Trinajstić information content (AvgIpc) is 2.53. The van der Waals surface area contributed by atoms with E-state index < -0.39 is 0 Å². The Labute approximate surface area is 142 Å². The van der Waals surface area contributed by atoms with Crippen molar-refractivity contribution >= 4 is 11.6 Å². The van der Waals surface area contributed by atoms with E-state index in [2.05, 4.69) is 24.5 Å². The highest BCUT2D eigenvalue weighted by Gasteiger charge is 2.16. The van der Waals surface area contributed by atoms with Crippen LogP contribution >= 0.6 is 0 Å². The van der Waals surface area contributed by atoms with E-state index in [9.17, 15) is 4.79 Å². The highest BCUT2D eigenvalue weighted by Crippen LogP contribution is 2.19. The maximum atomic E-state index is 12.5. The fourth-order valence-electron chi connectivity index (χ4n) is 2.83. The van der Waals surface area contributed by atoms with Gasteiger partial charge >= 0.3 is 0 Å². The number of hydrogen-bond donors (Lipinski definition) is 2. The monoisotopic (exact) mass is 318 g/mol. The van der Waals surface area contributed by atoms with Crippen molar-refractivity contribution in [3.05, 3.63) is 29.3 Å². The molecule has 0 fully saturated rings. The van der Waals surface area contributed by atoms with E-state index >= 15 is 0 Å². The van der Waals surface area contributed by atoms with Crippen LogP contribution in [0.3, 0.4) is 0 Å². The molecule has 130 valence electrons. The van der Waals surface area contributed by atoms with Crippen molar-refractivity contribution in [2.24, 2.45) is 0 Å². The van der Waals surface area contributed by atoms with Gasteiger partial charge in [0.2, 0.25) is 5.91 Å². The molecule has 1 unspecified atom stereocenters. The van der Waals surface area contributed by atoms with Gasteiger partial charge in [-0.1, -0.05) is 64.2 Å². The summed E-state index contributed by atoms with van der Waals surface area (Å²) in [6.07, 6.45) is 8.48. The van der Waals surface area contributed by atoms with Crippen molar-refractivity contribution < 1.29 is 4.79 Å². The zero-order valence-electron chi connectivity index (χ0n) is 15.4. The number of amides is 1. The van der Waals surface area contributed by atoms with Gasteiger partial charge in [-0.3, -0.25) is 4.79 Å². The Kier molecular flexibility index (Phi) is 9.61. The van der Waals surface area contributed by atoms with Crippen LogP contribution in [0.4, 0.5) is 5.69 Å². The summed E-state index contributed by atoms with van der Waals surface area (Å²) in [6.45, 7) is 9.29. The molecule has 3 heteroatoms. The van der Waals surface area contributed by atoms with Crippen LogP contribution in [0.1, 0.15) is 69.9 Å². The minimum Gasteiger partial charge on any atom is -0.324 e. The van der Waals surface area contributed by atoms with Gasteiger partial charge in [0.1, 0.15) is 0 Å². The van der Waals surface area contributed by atoms with E-state index in [1.807, 2.05) is 32.0 Å². The summed E-state index contributed by atoms with van der Waals surface area (Å²) in [5.41, 5.74) is 3.19. The first kappa shape index (κ1) is 19.7. The Morgan fingerprint density at radius 2 is 1.61 bits per heavy atom.